The molecular weight excluding hydrogens is 194 g/mol. The van der Waals surface area contributed by atoms with Crippen LogP contribution in [0.1, 0.15) is 12.7 Å². The molecule has 0 atom stereocenters. The largest absolute Gasteiger partial charge is 0.488 e. The Morgan fingerprint density at radius 2 is 2.23 bits per heavy atom. The van der Waals surface area contributed by atoms with Gasteiger partial charge in [0, 0.05) is 6.42 Å². The third-order valence-electron chi connectivity index (χ3n) is 1.39. The summed E-state index contributed by atoms with van der Waals surface area (Å²) in [7, 11) is 0. The standard InChI is InChI=1S/C6H7N3O3S/c1-2-3-7-5(10)4(9(11)12)6(13)8-3/h2H2,1H3,(H2,7,8,10,13). The second-order valence-corrected chi connectivity index (χ2v) is 2.67. The molecule has 0 spiro atoms. The summed E-state index contributed by atoms with van der Waals surface area (Å²) in [6.45, 7) is 1.77. The molecule has 70 valence electrons. The van der Waals surface area contributed by atoms with Crippen molar-refractivity contribution in [2.24, 2.45) is 0 Å². The van der Waals surface area contributed by atoms with Gasteiger partial charge in [-0.3, -0.25) is 10.1 Å². The Balaban J connectivity index is 3.31. The van der Waals surface area contributed by atoms with Crippen LogP contribution in [0.4, 0.5) is 5.69 Å². The summed E-state index contributed by atoms with van der Waals surface area (Å²) < 4.78 is 0. The molecule has 0 saturated heterocycles. The first kappa shape index (κ1) is 9.72. The van der Waals surface area contributed by atoms with Gasteiger partial charge < -0.3 is 5.11 Å². The number of hydrogen-bond acceptors (Lipinski definition) is 6. The van der Waals surface area contributed by atoms with Crippen molar-refractivity contribution in [2.45, 2.75) is 18.4 Å². The van der Waals surface area contributed by atoms with E-state index in [4.69, 9.17) is 5.11 Å². The van der Waals surface area contributed by atoms with Gasteiger partial charge in [-0.2, -0.15) is 4.98 Å². The molecule has 1 heterocycles. The van der Waals surface area contributed by atoms with Gasteiger partial charge in [-0.15, -0.1) is 12.6 Å². The summed E-state index contributed by atoms with van der Waals surface area (Å²) in [4.78, 5) is 16.8. The fourth-order valence-electron chi connectivity index (χ4n) is 0.797. The highest BCUT2D eigenvalue weighted by molar-refractivity contribution is 7.80. The van der Waals surface area contributed by atoms with Crippen molar-refractivity contribution in [3.05, 3.63) is 15.9 Å². The van der Waals surface area contributed by atoms with Crippen molar-refractivity contribution in [3.8, 4) is 5.88 Å². The number of hydrogen-bond donors (Lipinski definition) is 2. The van der Waals surface area contributed by atoms with Crippen molar-refractivity contribution in [3.63, 3.8) is 0 Å². The summed E-state index contributed by atoms with van der Waals surface area (Å²) >= 11 is 3.78. The van der Waals surface area contributed by atoms with E-state index in [9.17, 15) is 10.1 Å². The molecule has 0 saturated carbocycles. The van der Waals surface area contributed by atoms with Gasteiger partial charge in [0.15, 0.2) is 5.03 Å². The maximum atomic E-state index is 10.4. The highest BCUT2D eigenvalue weighted by atomic mass is 32.1. The number of aromatic nitrogens is 2. The fraction of sp³-hybridized carbons (Fsp3) is 0.333. The molecule has 0 radical (unpaired) electrons. The smallest absolute Gasteiger partial charge is 0.362 e. The first-order valence-corrected chi connectivity index (χ1v) is 3.94. The van der Waals surface area contributed by atoms with Crippen LogP contribution in [0.25, 0.3) is 0 Å². The Bertz CT molecular complexity index is 332. The lowest BCUT2D eigenvalue weighted by molar-refractivity contribution is -0.389. The summed E-state index contributed by atoms with van der Waals surface area (Å²) in [5, 5.41) is 19.4. The van der Waals surface area contributed by atoms with Gasteiger partial charge in [-0.1, -0.05) is 6.92 Å². The minimum atomic E-state index is -0.767. The van der Waals surface area contributed by atoms with Crippen LogP contribution >= 0.6 is 12.6 Å². The van der Waals surface area contributed by atoms with Crippen LogP contribution in [-0.4, -0.2) is 20.0 Å². The van der Waals surface area contributed by atoms with Crippen molar-refractivity contribution in [1.29, 1.82) is 0 Å². The summed E-state index contributed by atoms with van der Waals surface area (Å²) in [6, 6.07) is 0. The van der Waals surface area contributed by atoms with E-state index < -0.39 is 16.5 Å². The van der Waals surface area contributed by atoms with Gasteiger partial charge in [0.2, 0.25) is 0 Å². The number of rotatable bonds is 2. The lowest BCUT2D eigenvalue weighted by Gasteiger charge is -1.99. The number of nitrogens with zero attached hydrogens (tertiary/aromatic N) is 3. The zero-order valence-corrected chi connectivity index (χ0v) is 7.65. The quantitative estimate of drug-likeness (QED) is 0.321. The highest BCUT2D eigenvalue weighted by Crippen LogP contribution is 2.28. The van der Waals surface area contributed by atoms with E-state index in [-0.39, 0.29) is 5.03 Å². The number of aromatic hydroxyl groups is 1. The van der Waals surface area contributed by atoms with Crippen LogP contribution in [0.5, 0.6) is 5.88 Å². The molecule has 6 nitrogen and oxygen atoms in total. The third-order valence-corrected chi connectivity index (χ3v) is 1.70. The zero-order valence-electron chi connectivity index (χ0n) is 6.76. The molecule has 1 aromatic rings. The lowest BCUT2D eigenvalue weighted by atomic mass is 10.4. The predicted octanol–water partition coefficient (Wildman–Crippen LogP) is 0.941. The van der Waals surface area contributed by atoms with Gasteiger partial charge in [0.05, 0.1) is 4.92 Å². The van der Waals surface area contributed by atoms with Crippen LogP contribution in [-0.2, 0) is 6.42 Å². The van der Waals surface area contributed by atoms with Crippen LogP contribution in [0, 0.1) is 10.1 Å². The Morgan fingerprint density at radius 1 is 1.62 bits per heavy atom. The second-order valence-electron chi connectivity index (χ2n) is 2.25. The van der Waals surface area contributed by atoms with E-state index in [0.29, 0.717) is 12.2 Å². The number of aryl methyl sites for hydroxylation is 1. The Hall–Kier alpha value is -1.37. The molecule has 0 bridgehead atoms. The molecular formula is C6H7N3O3S. The minimum absolute atomic E-state index is 0.116. The molecule has 0 aliphatic carbocycles. The normalized spacial score (nSPS) is 10.0. The van der Waals surface area contributed by atoms with Crippen LogP contribution in [0.3, 0.4) is 0 Å². The molecule has 0 fully saturated rings. The molecule has 0 amide bonds. The zero-order chi connectivity index (χ0) is 10.0. The summed E-state index contributed by atoms with van der Waals surface area (Å²) in [5.41, 5.74) is -0.555. The van der Waals surface area contributed by atoms with Gasteiger partial charge in [0.1, 0.15) is 5.82 Å². The maximum Gasteiger partial charge on any atom is 0.362 e. The molecule has 1 N–H and O–H groups in total. The first-order chi connectivity index (χ1) is 6.06. The summed E-state index contributed by atoms with van der Waals surface area (Å²) in [6.07, 6.45) is 0.485. The molecule has 13 heavy (non-hydrogen) atoms. The third kappa shape index (κ3) is 1.86. The average Bonchev–Trinajstić information content (AvgIpc) is 2.02. The average molecular weight is 201 g/mol. The molecule has 1 rings (SSSR count). The van der Waals surface area contributed by atoms with E-state index in [1.165, 1.54) is 0 Å². The monoisotopic (exact) mass is 201 g/mol. The van der Waals surface area contributed by atoms with Crippen molar-refractivity contribution >= 4 is 18.3 Å². The lowest BCUT2D eigenvalue weighted by Crippen LogP contribution is -1.99. The van der Waals surface area contributed by atoms with E-state index in [1.54, 1.807) is 6.92 Å². The van der Waals surface area contributed by atoms with Crippen molar-refractivity contribution in [2.75, 3.05) is 0 Å². The van der Waals surface area contributed by atoms with Gasteiger partial charge in [0.25, 0.3) is 5.88 Å². The molecule has 0 unspecified atom stereocenters. The molecule has 7 heteroatoms. The minimum Gasteiger partial charge on any atom is -0.488 e. The Morgan fingerprint density at radius 3 is 2.62 bits per heavy atom. The number of thiol groups is 1. The van der Waals surface area contributed by atoms with Crippen LogP contribution in [0.15, 0.2) is 5.03 Å². The van der Waals surface area contributed by atoms with Gasteiger partial charge in [-0.05, 0) is 0 Å². The molecule has 0 aromatic carbocycles. The van der Waals surface area contributed by atoms with E-state index in [1.807, 2.05) is 0 Å². The Kier molecular flexibility index (Phi) is 2.66. The SMILES string of the molecule is CCc1nc(O)c([N+](=O)[O-])c(S)n1. The van der Waals surface area contributed by atoms with Crippen LogP contribution in [0.2, 0.25) is 0 Å². The molecule has 0 aliphatic rings. The fourth-order valence-corrected chi connectivity index (χ4v) is 1.09. The van der Waals surface area contributed by atoms with Gasteiger partial charge in [-0.25, -0.2) is 4.98 Å². The molecule has 1 aromatic heterocycles. The Labute approximate surface area is 79.2 Å². The van der Waals surface area contributed by atoms with Crippen LogP contribution < -0.4 is 0 Å². The van der Waals surface area contributed by atoms with Crippen molar-refractivity contribution < 1.29 is 10.0 Å². The number of nitro groups is 1. The second kappa shape index (κ2) is 3.56. The highest BCUT2D eigenvalue weighted by Gasteiger charge is 2.21. The van der Waals surface area contributed by atoms with Gasteiger partial charge >= 0.3 is 5.69 Å². The summed E-state index contributed by atoms with van der Waals surface area (Å²) in [5.74, 6) is -0.310. The maximum absolute atomic E-state index is 10.4. The first-order valence-electron chi connectivity index (χ1n) is 3.49. The topological polar surface area (TPSA) is 89.2 Å². The molecule has 0 aliphatic heterocycles. The van der Waals surface area contributed by atoms with Crippen molar-refractivity contribution in [1.82, 2.24) is 9.97 Å². The van der Waals surface area contributed by atoms with E-state index >= 15 is 0 Å². The predicted molar refractivity (Wildman–Crippen MR) is 47.0 cm³/mol. The van der Waals surface area contributed by atoms with E-state index in [2.05, 4.69) is 22.6 Å². The van der Waals surface area contributed by atoms with E-state index in [0.717, 1.165) is 0 Å².